The zero-order valence-electron chi connectivity index (χ0n) is 12.2. The van der Waals surface area contributed by atoms with Gasteiger partial charge >= 0.3 is 5.97 Å². The van der Waals surface area contributed by atoms with E-state index < -0.39 is 12.1 Å². The number of carboxylic acid groups (broad SMARTS) is 1. The van der Waals surface area contributed by atoms with Gasteiger partial charge in [-0.2, -0.15) is 0 Å². The third kappa shape index (κ3) is 3.22. The summed E-state index contributed by atoms with van der Waals surface area (Å²) in [6, 6.07) is 4.70. The molecule has 21 heavy (non-hydrogen) atoms. The van der Waals surface area contributed by atoms with Gasteiger partial charge < -0.3 is 19.5 Å². The van der Waals surface area contributed by atoms with Crippen LogP contribution in [0, 0.1) is 0 Å². The standard InChI is InChI=1S/C15H19NO5/c1-3-7-16(2)14(17)10-5-4-6-11(15(18)19)13(10)12-8-20-9-21-12/h4-6,12H,3,7-9H2,1-2H3,(H,18,19). The van der Waals surface area contributed by atoms with Crippen LogP contribution in [0.1, 0.15) is 45.7 Å². The molecule has 1 aliphatic heterocycles. The molecule has 0 radical (unpaired) electrons. The molecule has 1 atom stereocenters. The number of hydrogen-bond donors (Lipinski definition) is 1. The highest BCUT2D eigenvalue weighted by molar-refractivity contribution is 6.00. The predicted molar refractivity (Wildman–Crippen MR) is 75.3 cm³/mol. The molecule has 1 amide bonds. The lowest BCUT2D eigenvalue weighted by Crippen LogP contribution is -2.29. The van der Waals surface area contributed by atoms with Crippen LogP contribution in [0.15, 0.2) is 18.2 Å². The van der Waals surface area contributed by atoms with E-state index in [9.17, 15) is 14.7 Å². The van der Waals surface area contributed by atoms with Crippen LogP contribution in [0.5, 0.6) is 0 Å². The molecule has 0 spiro atoms. The number of nitrogens with zero attached hydrogens (tertiary/aromatic N) is 1. The van der Waals surface area contributed by atoms with Gasteiger partial charge in [-0.3, -0.25) is 4.79 Å². The van der Waals surface area contributed by atoms with E-state index in [0.29, 0.717) is 17.7 Å². The van der Waals surface area contributed by atoms with Gasteiger partial charge in [-0.1, -0.05) is 13.0 Å². The number of aromatic carboxylic acids is 1. The van der Waals surface area contributed by atoms with Crippen molar-refractivity contribution in [3.63, 3.8) is 0 Å². The minimum Gasteiger partial charge on any atom is -0.478 e. The van der Waals surface area contributed by atoms with E-state index in [0.717, 1.165) is 6.42 Å². The molecule has 6 heteroatoms. The molecule has 0 aromatic heterocycles. The van der Waals surface area contributed by atoms with Crippen LogP contribution >= 0.6 is 0 Å². The molecule has 1 N–H and O–H groups in total. The molecule has 0 bridgehead atoms. The SMILES string of the molecule is CCCN(C)C(=O)c1cccc(C(=O)O)c1C1COCO1. The monoisotopic (exact) mass is 293 g/mol. The summed E-state index contributed by atoms with van der Waals surface area (Å²) in [6.45, 7) is 2.95. The average Bonchev–Trinajstić information content (AvgIpc) is 2.99. The third-order valence-corrected chi connectivity index (χ3v) is 3.42. The number of ether oxygens (including phenoxy) is 2. The predicted octanol–water partition coefficient (Wildman–Crippen LogP) is 1.91. The molecule has 1 saturated heterocycles. The number of amides is 1. The van der Waals surface area contributed by atoms with Crippen molar-refractivity contribution in [2.45, 2.75) is 19.4 Å². The molecule has 6 nitrogen and oxygen atoms in total. The Bertz CT molecular complexity index is 537. The van der Waals surface area contributed by atoms with E-state index in [1.807, 2.05) is 6.92 Å². The van der Waals surface area contributed by atoms with Crippen molar-refractivity contribution in [1.82, 2.24) is 4.90 Å². The van der Waals surface area contributed by atoms with Gasteiger partial charge in [0.1, 0.15) is 12.9 Å². The molecule has 1 fully saturated rings. The third-order valence-electron chi connectivity index (χ3n) is 3.42. The lowest BCUT2D eigenvalue weighted by molar-refractivity contribution is 0.0449. The van der Waals surface area contributed by atoms with Crippen molar-refractivity contribution < 1.29 is 24.2 Å². The molecule has 1 aliphatic rings. The van der Waals surface area contributed by atoms with Gasteiger partial charge in [0.25, 0.3) is 5.91 Å². The summed E-state index contributed by atoms with van der Waals surface area (Å²) < 4.78 is 10.6. The lowest BCUT2D eigenvalue weighted by atomic mass is 9.95. The highest BCUT2D eigenvalue weighted by atomic mass is 16.7. The van der Waals surface area contributed by atoms with E-state index in [2.05, 4.69) is 0 Å². The fraction of sp³-hybridized carbons (Fsp3) is 0.467. The van der Waals surface area contributed by atoms with Crippen LogP contribution in [-0.2, 0) is 9.47 Å². The second-order valence-electron chi connectivity index (χ2n) is 4.94. The molecule has 1 unspecified atom stereocenters. The van der Waals surface area contributed by atoms with Crippen LogP contribution < -0.4 is 0 Å². The molecule has 2 rings (SSSR count). The quantitative estimate of drug-likeness (QED) is 0.897. The Labute approximate surface area is 123 Å². The van der Waals surface area contributed by atoms with E-state index in [1.165, 1.54) is 6.07 Å². The van der Waals surface area contributed by atoms with E-state index in [-0.39, 0.29) is 24.9 Å². The smallest absolute Gasteiger partial charge is 0.336 e. The molecule has 1 heterocycles. The molecular formula is C15H19NO5. The van der Waals surface area contributed by atoms with Crippen LogP contribution in [-0.4, -0.2) is 48.9 Å². The van der Waals surface area contributed by atoms with Gasteiger partial charge in [-0.15, -0.1) is 0 Å². The van der Waals surface area contributed by atoms with Crippen molar-refractivity contribution in [2.75, 3.05) is 27.0 Å². The van der Waals surface area contributed by atoms with Crippen molar-refractivity contribution in [2.24, 2.45) is 0 Å². The topological polar surface area (TPSA) is 76.1 Å². The van der Waals surface area contributed by atoms with E-state index in [4.69, 9.17) is 9.47 Å². The van der Waals surface area contributed by atoms with Crippen molar-refractivity contribution in [3.05, 3.63) is 34.9 Å². The molecule has 1 aromatic carbocycles. The molecular weight excluding hydrogens is 274 g/mol. The van der Waals surface area contributed by atoms with Crippen LogP contribution in [0.4, 0.5) is 0 Å². The Hall–Kier alpha value is -1.92. The average molecular weight is 293 g/mol. The van der Waals surface area contributed by atoms with Crippen molar-refractivity contribution in [3.8, 4) is 0 Å². The second kappa shape index (κ2) is 6.69. The summed E-state index contributed by atoms with van der Waals surface area (Å²) in [5, 5.41) is 9.35. The van der Waals surface area contributed by atoms with Gasteiger partial charge in [0, 0.05) is 24.7 Å². The summed E-state index contributed by atoms with van der Waals surface area (Å²) >= 11 is 0. The molecule has 0 saturated carbocycles. The fourth-order valence-corrected chi connectivity index (χ4v) is 2.43. The van der Waals surface area contributed by atoms with Crippen molar-refractivity contribution in [1.29, 1.82) is 0 Å². The van der Waals surface area contributed by atoms with E-state index >= 15 is 0 Å². The maximum Gasteiger partial charge on any atom is 0.336 e. The summed E-state index contributed by atoms with van der Waals surface area (Å²) in [5.41, 5.74) is 0.845. The largest absolute Gasteiger partial charge is 0.478 e. The number of rotatable bonds is 5. The van der Waals surface area contributed by atoms with Crippen LogP contribution in [0.3, 0.4) is 0 Å². The Balaban J connectivity index is 2.46. The highest BCUT2D eigenvalue weighted by Gasteiger charge is 2.29. The minimum atomic E-state index is -1.08. The molecule has 114 valence electrons. The number of carbonyl (C=O) groups excluding carboxylic acids is 1. The Kier molecular flexibility index (Phi) is 4.93. The Morgan fingerprint density at radius 2 is 2.10 bits per heavy atom. The Morgan fingerprint density at radius 3 is 2.67 bits per heavy atom. The maximum absolute atomic E-state index is 12.5. The van der Waals surface area contributed by atoms with Gasteiger partial charge in [0.2, 0.25) is 0 Å². The summed E-state index contributed by atoms with van der Waals surface area (Å²) in [4.78, 5) is 25.5. The first-order chi connectivity index (χ1) is 10.1. The number of hydrogen-bond acceptors (Lipinski definition) is 4. The zero-order chi connectivity index (χ0) is 15.4. The minimum absolute atomic E-state index is 0.0845. The highest BCUT2D eigenvalue weighted by Crippen LogP contribution is 2.30. The van der Waals surface area contributed by atoms with Crippen LogP contribution in [0.25, 0.3) is 0 Å². The number of benzene rings is 1. The fourth-order valence-electron chi connectivity index (χ4n) is 2.43. The Morgan fingerprint density at radius 1 is 1.38 bits per heavy atom. The zero-order valence-corrected chi connectivity index (χ0v) is 12.2. The first-order valence-corrected chi connectivity index (χ1v) is 6.87. The van der Waals surface area contributed by atoms with Gasteiger partial charge in [0.05, 0.1) is 12.2 Å². The van der Waals surface area contributed by atoms with Gasteiger partial charge in [-0.05, 0) is 18.6 Å². The second-order valence-corrected chi connectivity index (χ2v) is 4.94. The van der Waals surface area contributed by atoms with Gasteiger partial charge in [-0.25, -0.2) is 4.79 Å². The van der Waals surface area contributed by atoms with Crippen LogP contribution in [0.2, 0.25) is 0 Å². The first-order valence-electron chi connectivity index (χ1n) is 6.87. The maximum atomic E-state index is 12.5. The molecule has 0 aliphatic carbocycles. The van der Waals surface area contributed by atoms with Gasteiger partial charge in [0.15, 0.2) is 0 Å². The summed E-state index contributed by atoms with van der Waals surface area (Å²) in [5.74, 6) is -1.28. The van der Waals surface area contributed by atoms with Crippen molar-refractivity contribution >= 4 is 11.9 Å². The van der Waals surface area contributed by atoms with E-state index in [1.54, 1.807) is 24.1 Å². The summed E-state index contributed by atoms with van der Waals surface area (Å²) in [7, 11) is 1.70. The summed E-state index contributed by atoms with van der Waals surface area (Å²) in [6.07, 6.45) is 0.311. The first kappa shape index (κ1) is 15.5. The number of carboxylic acids is 1. The normalized spacial score (nSPS) is 17.7. The number of carbonyl (C=O) groups is 2. The lowest BCUT2D eigenvalue weighted by Gasteiger charge is -2.21. The molecule has 1 aromatic rings.